The van der Waals surface area contributed by atoms with Gasteiger partial charge in [-0.15, -0.1) is 0 Å². The topological polar surface area (TPSA) is 188 Å². The molecule has 0 radical (unpaired) electrons. The minimum absolute atomic E-state index is 0.169. The number of phosphoric ester groups is 1. The van der Waals surface area contributed by atoms with Crippen molar-refractivity contribution in [2.24, 2.45) is 0 Å². The summed E-state index contributed by atoms with van der Waals surface area (Å²) >= 11 is 0. The molecule has 7 N–H and O–H groups in total. The number of aliphatic carboxylic acids is 2. The van der Waals surface area contributed by atoms with Crippen LogP contribution in [0, 0.1) is 6.92 Å². The molecule has 0 unspecified atom stereocenters. The van der Waals surface area contributed by atoms with Crippen molar-refractivity contribution in [2.45, 2.75) is 39.0 Å². The Bertz CT molecular complexity index is 688. The first-order chi connectivity index (χ1) is 11.5. The Labute approximate surface area is 142 Å². The first kappa shape index (κ1) is 21.0. The maximum atomic E-state index is 11.2. The molecule has 0 saturated heterocycles. The third-order valence-corrected chi connectivity index (χ3v) is 3.82. The van der Waals surface area contributed by atoms with Gasteiger partial charge in [0.1, 0.15) is 6.04 Å². The Hall–Kier alpha value is -2.04. The molecule has 0 aliphatic heterocycles. The summed E-state index contributed by atoms with van der Waals surface area (Å²) in [6.07, 6.45) is 0.845. The highest BCUT2D eigenvalue weighted by atomic mass is 31.2. The number of rotatable bonds is 10. The number of H-pyrrole nitrogens is 1. The quantitative estimate of drug-likeness (QED) is 0.290. The van der Waals surface area contributed by atoms with Gasteiger partial charge in [-0.2, -0.15) is 0 Å². The second-order valence-electron chi connectivity index (χ2n) is 5.23. The predicted octanol–water partition coefficient (Wildman–Crippen LogP) is -0.468. The lowest BCUT2D eigenvalue weighted by atomic mass is 10.1. The number of aromatic amines is 1. The molecule has 140 valence electrons. The molecule has 0 amide bonds. The molecule has 1 aromatic heterocycles. The van der Waals surface area contributed by atoms with E-state index in [2.05, 4.69) is 14.8 Å². The number of hydrogen-bond acceptors (Lipinski definition) is 6. The molecule has 0 aliphatic carbocycles. The Morgan fingerprint density at radius 1 is 1.36 bits per heavy atom. The summed E-state index contributed by atoms with van der Waals surface area (Å²) in [6, 6.07) is -1.17. The Balaban J connectivity index is 2.94. The van der Waals surface area contributed by atoms with Gasteiger partial charge in [-0.25, -0.2) is 9.55 Å². The first-order valence-electron chi connectivity index (χ1n) is 7.11. The van der Waals surface area contributed by atoms with E-state index in [1.807, 2.05) is 0 Å². The third-order valence-electron chi connectivity index (χ3n) is 3.35. The molecule has 0 aromatic carbocycles. The van der Waals surface area contributed by atoms with Crippen LogP contribution in [-0.2, 0) is 31.8 Å². The molecule has 0 aliphatic rings. The summed E-state index contributed by atoms with van der Waals surface area (Å²) in [4.78, 5) is 42.0. The van der Waals surface area contributed by atoms with E-state index in [4.69, 9.17) is 20.0 Å². The van der Waals surface area contributed by atoms with Crippen LogP contribution >= 0.6 is 7.82 Å². The lowest BCUT2D eigenvalue weighted by Crippen LogP contribution is -2.37. The molecule has 0 bridgehead atoms. The first-order valence-corrected chi connectivity index (χ1v) is 8.64. The molecule has 12 heteroatoms. The minimum Gasteiger partial charge on any atom is -0.502 e. The van der Waals surface area contributed by atoms with Crippen LogP contribution in [0.15, 0.2) is 6.20 Å². The molecule has 0 fully saturated rings. The third kappa shape index (κ3) is 7.16. The fourth-order valence-corrected chi connectivity index (χ4v) is 2.32. The van der Waals surface area contributed by atoms with Gasteiger partial charge in [0.15, 0.2) is 11.9 Å². The van der Waals surface area contributed by atoms with Gasteiger partial charge in [-0.05, 0) is 6.42 Å². The van der Waals surface area contributed by atoms with E-state index in [-0.39, 0.29) is 36.3 Å². The summed E-state index contributed by atoms with van der Waals surface area (Å²) in [5.74, 6) is -2.62. The standard InChI is InChI=1S/C13H19N2O9P/c1-7-12(18)9(8(4-14-7)6-24-25(21,22)23)5-15-10(13(19)20)2-3-11(16)17/h4,10,15,18H,2-3,5-6H2,1H3,(H,16,17)(H,19,20)(H2,21,22,23)/p+1/t10-/m0/s1. The summed E-state index contributed by atoms with van der Waals surface area (Å²) in [5, 5.41) is 30.5. The van der Waals surface area contributed by atoms with Gasteiger partial charge in [0.2, 0.25) is 5.69 Å². The highest BCUT2D eigenvalue weighted by molar-refractivity contribution is 7.46. The van der Waals surface area contributed by atoms with E-state index in [0.29, 0.717) is 5.69 Å². The van der Waals surface area contributed by atoms with Gasteiger partial charge < -0.3 is 30.4 Å². The van der Waals surface area contributed by atoms with Crippen LogP contribution in [0.1, 0.15) is 29.7 Å². The molecule has 1 atom stereocenters. The minimum atomic E-state index is -4.73. The van der Waals surface area contributed by atoms with Crippen molar-refractivity contribution in [2.75, 3.05) is 0 Å². The number of nitrogens with one attached hydrogen (secondary N) is 2. The average Bonchev–Trinajstić information content (AvgIpc) is 2.48. The Kier molecular flexibility index (Phi) is 7.46. The highest BCUT2D eigenvalue weighted by Gasteiger charge is 2.23. The van der Waals surface area contributed by atoms with Gasteiger partial charge in [0.25, 0.3) is 0 Å². The number of hydrogen-bond donors (Lipinski definition) is 6. The van der Waals surface area contributed by atoms with Gasteiger partial charge in [-0.1, -0.05) is 0 Å². The van der Waals surface area contributed by atoms with E-state index in [9.17, 15) is 19.3 Å². The summed E-state index contributed by atoms with van der Waals surface area (Å²) < 4.78 is 15.2. The van der Waals surface area contributed by atoms with E-state index >= 15 is 0 Å². The smallest absolute Gasteiger partial charge is 0.469 e. The van der Waals surface area contributed by atoms with Crippen molar-refractivity contribution < 1.29 is 48.8 Å². The number of aromatic hydroxyl groups is 1. The van der Waals surface area contributed by atoms with Crippen LogP contribution < -0.4 is 10.3 Å². The molecular formula is C13H20N2O9P+. The zero-order chi connectivity index (χ0) is 19.2. The predicted molar refractivity (Wildman–Crippen MR) is 81.4 cm³/mol. The Morgan fingerprint density at radius 3 is 2.52 bits per heavy atom. The number of aryl methyl sites for hydroxylation is 1. The second kappa shape index (κ2) is 8.88. The van der Waals surface area contributed by atoms with E-state index in [1.54, 1.807) is 6.92 Å². The molecule has 1 rings (SSSR count). The van der Waals surface area contributed by atoms with E-state index in [0.717, 1.165) is 0 Å². The second-order valence-corrected chi connectivity index (χ2v) is 6.47. The molecule has 0 saturated carbocycles. The van der Waals surface area contributed by atoms with E-state index < -0.39 is 32.4 Å². The number of carboxylic acids is 2. The zero-order valence-corrected chi connectivity index (χ0v) is 14.2. The molecule has 1 aromatic rings. The monoisotopic (exact) mass is 379 g/mol. The molecular weight excluding hydrogens is 359 g/mol. The maximum Gasteiger partial charge on any atom is 0.469 e. The Morgan fingerprint density at radius 2 is 2.00 bits per heavy atom. The highest BCUT2D eigenvalue weighted by Crippen LogP contribution is 2.37. The summed E-state index contributed by atoms with van der Waals surface area (Å²) in [6.45, 7) is 0.863. The number of phosphoric acid groups is 1. The van der Waals surface area contributed by atoms with Crippen LogP contribution in [-0.4, -0.2) is 43.1 Å². The largest absolute Gasteiger partial charge is 0.502 e. The van der Waals surface area contributed by atoms with Crippen molar-refractivity contribution in [3.05, 3.63) is 23.0 Å². The lowest BCUT2D eigenvalue weighted by Gasteiger charge is -2.16. The molecule has 1 heterocycles. The fraction of sp³-hybridized carbons (Fsp3) is 0.462. The van der Waals surface area contributed by atoms with Crippen LogP contribution in [0.4, 0.5) is 0 Å². The van der Waals surface area contributed by atoms with Crippen LogP contribution in [0.2, 0.25) is 0 Å². The van der Waals surface area contributed by atoms with Crippen molar-refractivity contribution in [1.29, 1.82) is 0 Å². The fourth-order valence-electron chi connectivity index (χ4n) is 2.01. The van der Waals surface area contributed by atoms with Crippen LogP contribution in [0.3, 0.4) is 0 Å². The zero-order valence-electron chi connectivity index (χ0n) is 13.3. The lowest BCUT2D eigenvalue weighted by molar-refractivity contribution is -0.389. The number of carbonyl (C=O) groups is 2. The normalized spacial score (nSPS) is 12.8. The average molecular weight is 379 g/mol. The summed E-state index contributed by atoms with van der Waals surface area (Å²) in [5.41, 5.74) is 0.752. The molecule has 11 nitrogen and oxygen atoms in total. The maximum absolute atomic E-state index is 11.2. The van der Waals surface area contributed by atoms with Crippen molar-refractivity contribution in [3.63, 3.8) is 0 Å². The van der Waals surface area contributed by atoms with E-state index in [1.165, 1.54) is 6.20 Å². The van der Waals surface area contributed by atoms with Crippen molar-refractivity contribution in [1.82, 2.24) is 5.32 Å². The van der Waals surface area contributed by atoms with Gasteiger partial charge in [0.05, 0.1) is 12.2 Å². The van der Waals surface area contributed by atoms with Crippen LogP contribution in [0.25, 0.3) is 0 Å². The number of carboxylic acid groups (broad SMARTS) is 2. The summed E-state index contributed by atoms with van der Waals surface area (Å²) in [7, 11) is -4.73. The van der Waals surface area contributed by atoms with Gasteiger partial charge in [0, 0.05) is 25.5 Å². The number of aromatic nitrogens is 1. The number of pyridine rings is 1. The SMILES string of the molecule is Cc1[nH+]cc(COP(=O)(O)O)c(CN[C@@H](CCC(=O)O)C(=O)O)c1O. The molecule has 25 heavy (non-hydrogen) atoms. The van der Waals surface area contributed by atoms with Crippen molar-refractivity contribution in [3.8, 4) is 5.75 Å². The van der Waals surface area contributed by atoms with Crippen LogP contribution in [0.5, 0.6) is 5.75 Å². The van der Waals surface area contributed by atoms with Gasteiger partial charge in [-0.3, -0.25) is 14.1 Å². The van der Waals surface area contributed by atoms with Gasteiger partial charge >= 0.3 is 19.8 Å². The van der Waals surface area contributed by atoms with Crippen molar-refractivity contribution >= 4 is 19.8 Å². The molecule has 0 spiro atoms.